The van der Waals surface area contributed by atoms with Gasteiger partial charge in [0.1, 0.15) is 0 Å². The van der Waals surface area contributed by atoms with Gasteiger partial charge < -0.3 is 0 Å². The van der Waals surface area contributed by atoms with Crippen molar-refractivity contribution < 1.29 is 0 Å². The Labute approximate surface area is 483 Å². The van der Waals surface area contributed by atoms with Crippen molar-refractivity contribution in [1.29, 1.82) is 0 Å². The smallest absolute Gasteiger partial charge is 0.0132 e. The molecule has 16 atom stereocenters. The average Bonchev–Trinajstić information content (AvgIpc) is 4.04. The van der Waals surface area contributed by atoms with Crippen LogP contribution in [0.1, 0.15) is 334 Å². The monoisotopic (exact) mass is 1070 g/mol. The van der Waals surface area contributed by atoms with Gasteiger partial charge in [-0.05, 0) is 211 Å². The highest BCUT2D eigenvalue weighted by Crippen LogP contribution is 2.71. The normalized spacial score (nSPS) is 45.8. The molecule has 16 unspecified atom stereocenters. The molecule has 13 saturated carbocycles. The molecule has 14 aliphatic rings. The molecule has 13 aliphatic carbocycles. The van der Waals surface area contributed by atoms with Crippen molar-refractivity contribution in [2.24, 2.45) is 82.3 Å². The summed E-state index contributed by atoms with van der Waals surface area (Å²) < 4.78 is 0. The van der Waals surface area contributed by atoms with Gasteiger partial charge in [-0.25, -0.2) is 0 Å². The van der Waals surface area contributed by atoms with Crippen LogP contribution in [0, 0.1) is 82.3 Å². The summed E-state index contributed by atoms with van der Waals surface area (Å²) >= 11 is 0. The summed E-state index contributed by atoms with van der Waals surface area (Å²) in [5, 5.41) is 0. The number of rotatable bonds is 11. The van der Waals surface area contributed by atoms with Crippen molar-refractivity contribution >= 4 is 0 Å². The van der Waals surface area contributed by atoms with E-state index >= 15 is 0 Å². The molecule has 1 heterocycles. The zero-order valence-electron chi connectivity index (χ0n) is 51.4. The van der Waals surface area contributed by atoms with Gasteiger partial charge in [0.15, 0.2) is 0 Å². The third-order valence-electron chi connectivity index (χ3n) is 29.9. The lowest BCUT2D eigenvalue weighted by molar-refractivity contribution is -0.131. The van der Waals surface area contributed by atoms with E-state index in [0.717, 1.165) is 125 Å². The van der Waals surface area contributed by atoms with Gasteiger partial charge in [0.05, 0.1) is 0 Å². The van der Waals surface area contributed by atoms with Crippen LogP contribution in [0.2, 0.25) is 0 Å². The minimum atomic E-state index is 0.614. The van der Waals surface area contributed by atoms with E-state index in [4.69, 9.17) is 0 Å². The van der Waals surface area contributed by atoms with Crippen LogP contribution in [0.15, 0.2) is 0 Å². The van der Waals surface area contributed by atoms with E-state index in [1.165, 1.54) is 70.8 Å². The summed E-state index contributed by atoms with van der Waals surface area (Å²) in [6.45, 7) is 1.50. The molecule has 1 aliphatic heterocycles. The van der Waals surface area contributed by atoms with E-state index in [0.29, 0.717) is 5.41 Å². The fourth-order valence-corrected chi connectivity index (χ4v) is 26.8. The van der Waals surface area contributed by atoms with Gasteiger partial charge in [-0.2, -0.15) is 0 Å². The van der Waals surface area contributed by atoms with Gasteiger partial charge >= 0.3 is 0 Å². The molecule has 14 fully saturated rings. The number of fused-ring (bicyclic) bond motifs is 7. The lowest BCUT2D eigenvalue weighted by Gasteiger charge is -2.62. The number of nitrogens with zero attached hydrogens (tertiary/aromatic N) is 3. The Hall–Kier alpha value is -0.120. The summed E-state index contributed by atoms with van der Waals surface area (Å²) in [4.78, 5) is 10.5. The minimum Gasteiger partial charge on any atom is -0.297 e. The molecule has 78 heavy (non-hydrogen) atoms. The van der Waals surface area contributed by atoms with E-state index in [2.05, 4.69) is 14.7 Å². The second-order valence-electron chi connectivity index (χ2n) is 33.1. The second kappa shape index (κ2) is 25.8. The number of hydrogen-bond acceptors (Lipinski definition) is 3. The number of hydrogen-bond donors (Lipinski definition) is 0. The van der Waals surface area contributed by atoms with Gasteiger partial charge in [-0.3, -0.25) is 14.7 Å². The molecular weight excluding hydrogens is 943 g/mol. The lowest BCUT2D eigenvalue weighted by atomic mass is 9.51. The highest BCUT2D eigenvalue weighted by Gasteiger charge is 2.68. The third-order valence-corrected chi connectivity index (χ3v) is 29.9. The molecule has 0 aromatic carbocycles. The van der Waals surface area contributed by atoms with E-state index in [9.17, 15) is 0 Å². The van der Waals surface area contributed by atoms with Gasteiger partial charge in [-0.1, -0.05) is 212 Å². The van der Waals surface area contributed by atoms with Crippen LogP contribution in [0.5, 0.6) is 0 Å². The summed E-state index contributed by atoms with van der Waals surface area (Å²) in [5.74, 6) is 13.5. The molecule has 14 rings (SSSR count). The van der Waals surface area contributed by atoms with Crippen molar-refractivity contribution in [2.75, 3.05) is 6.54 Å². The highest BCUT2D eigenvalue weighted by molar-refractivity contribution is 5.18. The Morgan fingerprint density at radius 3 is 0.949 bits per heavy atom. The Bertz CT molecular complexity index is 1650. The maximum Gasteiger partial charge on any atom is 0.0132 e. The average molecular weight is 1070 g/mol. The van der Waals surface area contributed by atoms with Crippen molar-refractivity contribution in [2.45, 2.75) is 382 Å². The molecular formula is C75H127N3. The minimum absolute atomic E-state index is 0.614. The predicted octanol–water partition coefficient (Wildman–Crippen LogP) is 20.3. The first kappa shape index (κ1) is 55.7. The molecule has 3 nitrogen and oxygen atoms in total. The predicted molar refractivity (Wildman–Crippen MR) is 329 cm³/mol. The summed E-state index contributed by atoms with van der Waals surface area (Å²) in [6.07, 6.45) is 81.4. The Balaban J connectivity index is 0.803. The molecule has 1 saturated heterocycles. The molecule has 0 aromatic rings. The van der Waals surface area contributed by atoms with Crippen molar-refractivity contribution in [3.8, 4) is 0 Å². The van der Waals surface area contributed by atoms with Gasteiger partial charge in [0.25, 0.3) is 0 Å². The molecule has 0 N–H and O–H groups in total. The SMILES string of the molecule is C1CCC(C2CCCC(N(C3CCCC(C4CCCCC4)C3)C3CCC4C5CCC(N(C6CCCC(C7CCCCC7)C6)C6CCCC(C7CCCCC7)C6)CC5C5(CCN(C6CCCCC6)C6CCCCC65)C4C3)C2)CC1. The van der Waals surface area contributed by atoms with Crippen molar-refractivity contribution in [3.05, 3.63) is 0 Å². The van der Waals surface area contributed by atoms with Gasteiger partial charge in [-0.15, -0.1) is 0 Å². The first-order valence-corrected chi connectivity index (χ1v) is 38.0. The topological polar surface area (TPSA) is 9.72 Å². The van der Waals surface area contributed by atoms with Crippen LogP contribution in [-0.2, 0) is 0 Å². The van der Waals surface area contributed by atoms with Crippen molar-refractivity contribution in [3.63, 3.8) is 0 Å². The maximum atomic E-state index is 3.59. The molecule has 0 amide bonds. The van der Waals surface area contributed by atoms with Gasteiger partial charge in [0.2, 0.25) is 0 Å². The summed E-state index contributed by atoms with van der Waals surface area (Å²) in [7, 11) is 0. The Kier molecular flexibility index (Phi) is 18.5. The maximum absolute atomic E-state index is 3.59. The number of piperidine rings is 1. The van der Waals surface area contributed by atoms with Crippen LogP contribution >= 0.6 is 0 Å². The quantitative estimate of drug-likeness (QED) is 0.204. The zero-order chi connectivity index (χ0) is 51.8. The zero-order valence-corrected chi connectivity index (χ0v) is 51.4. The van der Waals surface area contributed by atoms with Crippen molar-refractivity contribution in [1.82, 2.24) is 14.7 Å². The lowest BCUT2D eigenvalue weighted by Crippen LogP contribution is -2.63. The van der Waals surface area contributed by atoms with Crippen LogP contribution in [0.25, 0.3) is 0 Å². The van der Waals surface area contributed by atoms with Gasteiger partial charge in [0, 0.05) is 48.3 Å². The Morgan fingerprint density at radius 1 is 0.244 bits per heavy atom. The first-order chi connectivity index (χ1) is 38.7. The largest absolute Gasteiger partial charge is 0.297 e. The van der Waals surface area contributed by atoms with E-state index < -0.39 is 0 Å². The van der Waals surface area contributed by atoms with E-state index in [1.54, 1.807) is 270 Å². The fraction of sp³-hybridized carbons (Fsp3) is 1.00. The first-order valence-electron chi connectivity index (χ1n) is 38.0. The molecule has 0 bridgehead atoms. The highest BCUT2D eigenvalue weighted by atomic mass is 15.2. The Morgan fingerprint density at radius 2 is 0.564 bits per heavy atom. The van der Waals surface area contributed by atoms with E-state index in [1.807, 2.05) is 0 Å². The summed E-state index contributed by atoms with van der Waals surface area (Å²) in [6, 6.07) is 7.20. The third kappa shape index (κ3) is 11.4. The van der Waals surface area contributed by atoms with Crippen LogP contribution in [0.4, 0.5) is 0 Å². The van der Waals surface area contributed by atoms with Crippen LogP contribution in [-0.4, -0.2) is 69.6 Å². The molecule has 0 radical (unpaired) electrons. The van der Waals surface area contributed by atoms with Crippen LogP contribution in [0.3, 0.4) is 0 Å². The molecule has 3 heteroatoms. The molecule has 442 valence electrons. The second-order valence-corrected chi connectivity index (χ2v) is 33.1. The van der Waals surface area contributed by atoms with Crippen LogP contribution < -0.4 is 0 Å². The summed E-state index contributed by atoms with van der Waals surface area (Å²) in [5.41, 5.74) is 0.614. The fourth-order valence-electron chi connectivity index (χ4n) is 26.8. The molecule has 1 spiro atoms. The number of likely N-dealkylation sites (tertiary alicyclic amines) is 1. The standard InChI is InChI=1S/C75H127N3/c1-6-22-54(23-7-1)58-30-18-36-63(48-58)77(64-37-19-31-59(49-64)55-24-8-2-9-25-55)67-42-44-69-70-45-43-68(53-73(70)75(72(69)52-67)46-47-76(62-34-14-5-15-35-62)74-41-17-16-40-71(74)75)78(65-38-20-32-60(50-65)56-26-10-3-11-27-56)66-39-21-33-61(51-66)57-28-12-4-13-29-57/h54-74H,1-53H2. The molecule has 0 aromatic heterocycles. The van der Waals surface area contributed by atoms with E-state index in [-0.39, 0.29) is 0 Å².